The maximum Gasteiger partial charge on any atom is 0.227 e. The molecule has 5 heteroatoms. The molecular weight excluding hydrogens is 361 g/mol. The fourth-order valence-electron chi connectivity index (χ4n) is 1.92. The predicted molar refractivity (Wildman–Crippen MR) is 87.1 cm³/mol. The highest BCUT2D eigenvalue weighted by atomic mass is 79.9. The molecule has 0 fully saturated rings. The monoisotopic (exact) mass is 367 g/mol. The van der Waals surface area contributed by atoms with E-state index in [2.05, 4.69) is 20.9 Å². The molecule has 0 saturated heterocycles. The Morgan fingerprint density at radius 3 is 2.60 bits per heavy atom. The zero-order valence-corrected chi connectivity index (χ0v) is 13.2. The predicted octanol–water partition coefficient (Wildman–Crippen LogP) is 5.80. The van der Waals surface area contributed by atoms with Crippen LogP contribution >= 0.6 is 39.1 Å². The van der Waals surface area contributed by atoms with Gasteiger partial charge in [-0.25, -0.2) is 4.99 Å². The van der Waals surface area contributed by atoms with Crippen molar-refractivity contribution in [1.29, 1.82) is 0 Å². The smallest absolute Gasteiger partial charge is 0.227 e. The second-order valence-electron chi connectivity index (χ2n) is 4.16. The Balaban J connectivity index is 2.14. The average molecular weight is 369 g/mol. The topological polar surface area (TPSA) is 21.6 Å². The summed E-state index contributed by atoms with van der Waals surface area (Å²) < 4.78 is 5.81. The Bertz CT molecular complexity index is 740. The van der Waals surface area contributed by atoms with Gasteiger partial charge in [-0.2, -0.15) is 0 Å². The molecule has 0 aliphatic carbocycles. The minimum atomic E-state index is 0.507. The van der Waals surface area contributed by atoms with Crippen LogP contribution in [0.3, 0.4) is 0 Å². The van der Waals surface area contributed by atoms with E-state index in [0.29, 0.717) is 21.7 Å². The summed E-state index contributed by atoms with van der Waals surface area (Å²) in [5.41, 5.74) is 2.48. The van der Waals surface area contributed by atoms with E-state index in [0.717, 1.165) is 16.8 Å². The Morgan fingerprint density at radius 2 is 1.85 bits per heavy atom. The van der Waals surface area contributed by atoms with Crippen molar-refractivity contribution in [3.8, 4) is 0 Å². The molecule has 0 saturated carbocycles. The van der Waals surface area contributed by atoms with E-state index < -0.39 is 0 Å². The first-order valence-corrected chi connectivity index (χ1v) is 7.47. The van der Waals surface area contributed by atoms with Crippen molar-refractivity contribution >= 4 is 56.5 Å². The van der Waals surface area contributed by atoms with Gasteiger partial charge < -0.3 is 4.74 Å². The molecule has 1 aliphatic rings. The number of benzene rings is 2. The summed E-state index contributed by atoms with van der Waals surface area (Å²) in [4.78, 5) is 6.22. The molecule has 3 rings (SSSR count). The number of rotatable bonds is 1. The number of nitrogens with zero attached hydrogens (tertiary/aromatic N) is 1. The summed E-state index contributed by atoms with van der Waals surface area (Å²) in [5.74, 6) is 1.17. The fraction of sp³-hybridized carbons (Fsp3) is 0. The van der Waals surface area contributed by atoms with Gasteiger partial charge in [0.2, 0.25) is 5.90 Å². The van der Waals surface area contributed by atoms with Gasteiger partial charge in [-0.3, -0.25) is 0 Å². The minimum Gasteiger partial charge on any atom is -0.437 e. The Morgan fingerprint density at radius 1 is 1.05 bits per heavy atom. The van der Waals surface area contributed by atoms with Gasteiger partial charge >= 0.3 is 0 Å². The zero-order valence-electron chi connectivity index (χ0n) is 10.1. The average Bonchev–Trinajstić information content (AvgIpc) is 2.46. The van der Waals surface area contributed by atoms with Crippen LogP contribution in [0.2, 0.25) is 10.0 Å². The van der Waals surface area contributed by atoms with Crippen molar-refractivity contribution in [3.05, 3.63) is 68.6 Å². The van der Waals surface area contributed by atoms with Gasteiger partial charge in [0.25, 0.3) is 0 Å². The van der Waals surface area contributed by atoms with Gasteiger partial charge in [0.15, 0.2) is 0 Å². The van der Waals surface area contributed by atoms with Gasteiger partial charge in [0.05, 0.1) is 5.69 Å². The van der Waals surface area contributed by atoms with Gasteiger partial charge in [-0.05, 0) is 36.4 Å². The van der Waals surface area contributed by atoms with Gasteiger partial charge in [0, 0.05) is 26.2 Å². The first-order chi connectivity index (χ1) is 9.67. The van der Waals surface area contributed by atoms with Crippen LogP contribution in [0.25, 0.3) is 5.76 Å². The Hall–Kier alpha value is -1.29. The van der Waals surface area contributed by atoms with Crippen molar-refractivity contribution < 1.29 is 4.74 Å². The van der Waals surface area contributed by atoms with Gasteiger partial charge in [0.1, 0.15) is 5.76 Å². The first-order valence-electron chi connectivity index (χ1n) is 5.80. The lowest BCUT2D eigenvalue weighted by molar-refractivity contribution is 0.505. The number of halogens is 3. The molecule has 1 aliphatic heterocycles. The highest BCUT2D eigenvalue weighted by Crippen LogP contribution is 2.36. The summed E-state index contributed by atoms with van der Waals surface area (Å²) in [7, 11) is 0. The van der Waals surface area contributed by atoms with Crippen LogP contribution in [0.1, 0.15) is 11.1 Å². The molecule has 20 heavy (non-hydrogen) atoms. The SMILES string of the molecule is Clc1cccc(C2=Nc3ccc(Cl)cc3/C(=C/Br)O2)c1. The van der Waals surface area contributed by atoms with Crippen LogP contribution in [-0.2, 0) is 4.74 Å². The fourth-order valence-corrected chi connectivity index (χ4v) is 2.62. The lowest BCUT2D eigenvalue weighted by Gasteiger charge is -2.19. The van der Waals surface area contributed by atoms with E-state index in [-0.39, 0.29) is 0 Å². The van der Waals surface area contributed by atoms with Crippen LogP contribution in [-0.4, -0.2) is 5.90 Å². The third-order valence-corrected chi connectivity index (χ3v) is 3.71. The molecule has 0 N–H and O–H groups in total. The summed E-state index contributed by atoms with van der Waals surface area (Å²) >= 11 is 15.3. The highest BCUT2D eigenvalue weighted by molar-refractivity contribution is 9.11. The van der Waals surface area contributed by atoms with Gasteiger partial charge in [-0.15, -0.1) is 0 Å². The second-order valence-corrected chi connectivity index (χ2v) is 5.49. The number of hydrogen-bond donors (Lipinski definition) is 0. The molecule has 0 amide bonds. The first kappa shape index (κ1) is 13.7. The number of hydrogen-bond acceptors (Lipinski definition) is 2. The van der Waals surface area contributed by atoms with Crippen molar-refractivity contribution in [2.45, 2.75) is 0 Å². The maximum absolute atomic E-state index is 6.01. The Labute approximate surface area is 134 Å². The van der Waals surface area contributed by atoms with Crippen molar-refractivity contribution in [2.75, 3.05) is 0 Å². The van der Waals surface area contributed by atoms with E-state index in [9.17, 15) is 0 Å². The molecule has 2 nitrogen and oxygen atoms in total. The lowest BCUT2D eigenvalue weighted by atomic mass is 10.1. The molecular formula is C15H8BrCl2NO. The standard InChI is InChI=1S/C15H8BrCl2NO/c16-8-14-12-7-11(18)4-5-13(12)19-15(20-14)9-2-1-3-10(17)6-9/h1-8H/b14-8-. The van der Waals surface area contributed by atoms with E-state index in [1.165, 1.54) is 0 Å². The molecule has 2 aromatic rings. The Kier molecular flexibility index (Phi) is 3.83. The van der Waals surface area contributed by atoms with E-state index in [1.54, 1.807) is 11.1 Å². The van der Waals surface area contributed by atoms with E-state index in [1.807, 2.05) is 36.4 Å². The number of ether oxygens (including phenoxy) is 1. The van der Waals surface area contributed by atoms with E-state index in [4.69, 9.17) is 27.9 Å². The zero-order chi connectivity index (χ0) is 14.1. The minimum absolute atomic E-state index is 0.507. The third kappa shape index (κ3) is 2.62. The van der Waals surface area contributed by atoms with Crippen LogP contribution in [0.5, 0.6) is 0 Å². The third-order valence-electron chi connectivity index (χ3n) is 2.82. The van der Waals surface area contributed by atoms with Crippen molar-refractivity contribution in [1.82, 2.24) is 0 Å². The van der Waals surface area contributed by atoms with Gasteiger partial charge in [-0.1, -0.05) is 45.2 Å². The molecule has 0 spiro atoms. The summed E-state index contributed by atoms with van der Waals surface area (Å²) in [6.45, 7) is 0. The summed E-state index contributed by atoms with van der Waals surface area (Å²) in [6.07, 6.45) is 0. The lowest BCUT2D eigenvalue weighted by Crippen LogP contribution is -2.10. The van der Waals surface area contributed by atoms with E-state index >= 15 is 0 Å². The second kappa shape index (κ2) is 5.60. The normalized spacial score (nSPS) is 15.6. The number of aliphatic imine (C=N–C) groups is 1. The van der Waals surface area contributed by atoms with Crippen molar-refractivity contribution in [2.24, 2.45) is 4.99 Å². The molecule has 0 atom stereocenters. The quantitative estimate of drug-likeness (QED) is 0.623. The largest absolute Gasteiger partial charge is 0.437 e. The summed E-state index contributed by atoms with van der Waals surface area (Å²) in [5, 5.41) is 1.28. The molecule has 1 heterocycles. The van der Waals surface area contributed by atoms with Crippen LogP contribution < -0.4 is 0 Å². The number of fused-ring (bicyclic) bond motifs is 1. The van der Waals surface area contributed by atoms with Crippen LogP contribution in [0.15, 0.2) is 52.4 Å². The molecule has 0 unspecified atom stereocenters. The summed E-state index contributed by atoms with van der Waals surface area (Å²) in [6, 6.07) is 12.9. The molecule has 0 aromatic heterocycles. The molecule has 100 valence electrons. The van der Waals surface area contributed by atoms with Crippen molar-refractivity contribution in [3.63, 3.8) is 0 Å². The molecule has 2 aromatic carbocycles. The molecule has 0 bridgehead atoms. The molecule has 0 radical (unpaired) electrons. The van der Waals surface area contributed by atoms with Crippen LogP contribution in [0, 0.1) is 0 Å². The highest BCUT2D eigenvalue weighted by Gasteiger charge is 2.20. The maximum atomic E-state index is 6.01. The van der Waals surface area contributed by atoms with Crippen LogP contribution in [0.4, 0.5) is 5.69 Å².